The molecular weight excluding hydrogens is 142 g/mol. The highest BCUT2D eigenvalue weighted by atomic mass is 32.2. The molecule has 1 aliphatic heterocycles. The van der Waals surface area contributed by atoms with Crippen LogP contribution in [0.1, 0.15) is 6.42 Å². The van der Waals surface area contributed by atoms with Gasteiger partial charge < -0.3 is 5.32 Å². The second-order valence-corrected chi connectivity index (χ2v) is 3.38. The topological polar surface area (TPSA) is 12.0 Å². The van der Waals surface area contributed by atoms with Gasteiger partial charge in [-0.1, -0.05) is 12.7 Å². The number of rotatable bonds is 0. The molecule has 0 fully saturated rings. The van der Waals surface area contributed by atoms with E-state index in [1.54, 1.807) is 0 Å². The molecule has 0 spiro atoms. The van der Waals surface area contributed by atoms with Crippen LogP contribution in [0.4, 0.5) is 0 Å². The summed E-state index contributed by atoms with van der Waals surface area (Å²) in [5, 5.41) is 5.45. The van der Waals surface area contributed by atoms with E-state index in [1.165, 1.54) is 17.7 Å². The fourth-order valence-electron chi connectivity index (χ4n) is 0.801. The lowest BCUT2D eigenvalue weighted by molar-refractivity contribution is 0.726. The van der Waals surface area contributed by atoms with Gasteiger partial charge >= 0.3 is 0 Å². The molecule has 0 aromatic heterocycles. The molecule has 56 valence electrons. The predicted molar refractivity (Wildman–Crippen MR) is 48.2 cm³/mol. The Morgan fingerprint density at radius 2 is 2.50 bits per heavy atom. The third-order valence-corrected chi connectivity index (χ3v) is 2.22. The number of thioether (sulfide) groups is 1. The fraction of sp³-hybridized carbons (Fsp3) is 0.500. The van der Waals surface area contributed by atoms with E-state index in [0.29, 0.717) is 0 Å². The van der Waals surface area contributed by atoms with Gasteiger partial charge in [-0.3, -0.25) is 0 Å². The fourth-order valence-corrected chi connectivity index (χ4v) is 1.54. The Balaban J connectivity index is 2.35. The Kier molecular flexibility index (Phi) is 3.62. The Hall–Kier alpha value is -0.210. The molecule has 0 amide bonds. The molecule has 1 N–H and O–H groups in total. The summed E-state index contributed by atoms with van der Waals surface area (Å²) in [6, 6.07) is 0. The van der Waals surface area contributed by atoms with Crippen LogP contribution in [0.5, 0.6) is 0 Å². The van der Waals surface area contributed by atoms with Crippen LogP contribution in [-0.2, 0) is 0 Å². The van der Waals surface area contributed by atoms with Gasteiger partial charge in [-0.2, -0.15) is 0 Å². The van der Waals surface area contributed by atoms with Gasteiger partial charge in [0.2, 0.25) is 0 Å². The molecule has 0 unspecified atom stereocenters. The summed E-state index contributed by atoms with van der Waals surface area (Å²) >= 11 is 1.86. The summed E-state index contributed by atoms with van der Waals surface area (Å²) < 4.78 is 0. The Morgan fingerprint density at radius 1 is 1.60 bits per heavy atom. The lowest BCUT2D eigenvalue weighted by atomic mass is 10.3. The zero-order valence-electron chi connectivity index (χ0n) is 6.10. The average Bonchev–Trinajstić information content (AvgIpc) is 2.02. The maximum atomic E-state index is 3.89. The van der Waals surface area contributed by atoms with E-state index >= 15 is 0 Å². The van der Waals surface area contributed by atoms with Crippen molar-refractivity contribution in [3.05, 3.63) is 23.6 Å². The predicted octanol–water partition coefficient (Wildman–Crippen LogP) is 1.78. The van der Waals surface area contributed by atoms with Crippen molar-refractivity contribution in [3.63, 3.8) is 0 Å². The van der Waals surface area contributed by atoms with Crippen LogP contribution in [-0.4, -0.2) is 18.8 Å². The lowest BCUT2D eigenvalue weighted by Crippen LogP contribution is -2.17. The zero-order valence-corrected chi connectivity index (χ0v) is 6.91. The van der Waals surface area contributed by atoms with E-state index in [4.69, 9.17) is 0 Å². The first-order chi connectivity index (χ1) is 4.89. The molecule has 0 atom stereocenters. The van der Waals surface area contributed by atoms with Crippen molar-refractivity contribution < 1.29 is 0 Å². The van der Waals surface area contributed by atoms with Crippen molar-refractivity contribution in [1.82, 2.24) is 5.32 Å². The maximum absolute atomic E-state index is 3.89. The van der Waals surface area contributed by atoms with Crippen LogP contribution >= 0.6 is 11.8 Å². The first kappa shape index (κ1) is 7.89. The van der Waals surface area contributed by atoms with E-state index in [0.717, 1.165) is 13.1 Å². The highest BCUT2D eigenvalue weighted by Crippen LogP contribution is 2.07. The molecule has 0 radical (unpaired) electrons. The number of hydrogen-bond acceptors (Lipinski definition) is 2. The summed E-state index contributed by atoms with van der Waals surface area (Å²) in [5.74, 6) is 1.22. The molecule has 1 rings (SSSR count). The first-order valence-electron chi connectivity index (χ1n) is 3.56. The van der Waals surface area contributed by atoms with Crippen molar-refractivity contribution >= 4 is 11.8 Å². The van der Waals surface area contributed by atoms with Gasteiger partial charge in [0.05, 0.1) is 0 Å². The standard InChI is InChI=1S/C8H13NS/c1-8-3-6-10-5-2-4-9-7-8/h3,6,9H,1-2,4-5,7H2/b6-3-. The van der Waals surface area contributed by atoms with Crippen LogP contribution in [0.15, 0.2) is 23.6 Å². The normalized spacial score (nSPS) is 24.6. The monoisotopic (exact) mass is 155 g/mol. The maximum Gasteiger partial charge on any atom is 0.0199 e. The second kappa shape index (κ2) is 4.58. The van der Waals surface area contributed by atoms with Gasteiger partial charge in [0, 0.05) is 6.54 Å². The molecule has 1 heterocycles. The molecule has 0 bridgehead atoms. The van der Waals surface area contributed by atoms with E-state index < -0.39 is 0 Å². The summed E-state index contributed by atoms with van der Waals surface area (Å²) in [4.78, 5) is 0. The van der Waals surface area contributed by atoms with Crippen LogP contribution < -0.4 is 5.32 Å². The van der Waals surface area contributed by atoms with Crippen LogP contribution in [0.2, 0.25) is 0 Å². The molecule has 0 saturated carbocycles. The Morgan fingerprint density at radius 3 is 3.40 bits per heavy atom. The van der Waals surface area contributed by atoms with Crippen LogP contribution in [0.25, 0.3) is 0 Å². The summed E-state index contributed by atoms with van der Waals surface area (Å²) in [7, 11) is 0. The highest BCUT2D eigenvalue weighted by molar-refractivity contribution is 8.02. The smallest absolute Gasteiger partial charge is 0.0199 e. The number of hydrogen-bond donors (Lipinski definition) is 1. The molecule has 2 heteroatoms. The molecule has 0 aromatic rings. The van der Waals surface area contributed by atoms with Gasteiger partial charge in [0.15, 0.2) is 0 Å². The van der Waals surface area contributed by atoms with E-state index in [-0.39, 0.29) is 0 Å². The third kappa shape index (κ3) is 3.08. The zero-order chi connectivity index (χ0) is 7.23. The van der Waals surface area contributed by atoms with Crippen molar-refractivity contribution in [1.29, 1.82) is 0 Å². The minimum atomic E-state index is 0.942. The molecule has 1 aliphatic rings. The van der Waals surface area contributed by atoms with Crippen molar-refractivity contribution in [3.8, 4) is 0 Å². The highest BCUT2D eigenvalue weighted by Gasteiger charge is 1.92. The van der Waals surface area contributed by atoms with Crippen LogP contribution in [0.3, 0.4) is 0 Å². The van der Waals surface area contributed by atoms with Crippen molar-refractivity contribution in [2.24, 2.45) is 0 Å². The first-order valence-corrected chi connectivity index (χ1v) is 4.61. The Labute approximate surface area is 66.6 Å². The molecule has 1 nitrogen and oxygen atoms in total. The summed E-state index contributed by atoms with van der Waals surface area (Å²) in [5.41, 5.74) is 1.18. The molecule has 0 saturated heterocycles. The number of nitrogens with one attached hydrogen (secondary N) is 1. The van der Waals surface area contributed by atoms with Gasteiger partial charge in [-0.25, -0.2) is 0 Å². The van der Waals surface area contributed by atoms with Crippen LogP contribution in [0, 0.1) is 0 Å². The van der Waals surface area contributed by atoms with Crippen molar-refractivity contribution in [2.75, 3.05) is 18.8 Å². The quantitative estimate of drug-likeness (QED) is 0.572. The largest absolute Gasteiger partial charge is 0.313 e. The summed E-state index contributed by atoms with van der Waals surface area (Å²) in [6.45, 7) is 5.96. The van der Waals surface area contributed by atoms with Crippen molar-refractivity contribution in [2.45, 2.75) is 6.42 Å². The van der Waals surface area contributed by atoms with E-state index in [2.05, 4.69) is 23.4 Å². The Bertz CT molecular complexity index is 140. The van der Waals surface area contributed by atoms with E-state index in [9.17, 15) is 0 Å². The van der Waals surface area contributed by atoms with Gasteiger partial charge in [0.1, 0.15) is 0 Å². The minimum Gasteiger partial charge on any atom is -0.313 e. The van der Waals surface area contributed by atoms with Gasteiger partial charge in [0.25, 0.3) is 0 Å². The second-order valence-electron chi connectivity index (χ2n) is 2.36. The lowest BCUT2D eigenvalue weighted by Gasteiger charge is -2.00. The molecule has 0 aliphatic carbocycles. The SMILES string of the molecule is C=C1/C=C\SCCCNC1. The van der Waals surface area contributed by atoms with E-state index in [1.807, 2.05) is 11.8 Å². The minimum absolute atomic E-state index is 0.942. The third-order valence-electron chi connectivity index (χ3n) is 1.37. The molecule has 10 heavy (non-hydrogen) atoms. The molecule has 0 aromatic carbocycles. The summed E-state index contributed by atoms with van der Waals surface area (Å²) in [6.07, 6.45) is 3.34. The van der Waals surface area contributed by atoms with Gasteiger partial charge in [-0.05, 0) is 29.7 Å². The van der Waals surface area contributed by atoms with Gasteiger partial charge in [-0.15, -0.1) is 11.8 Å². The molecular formula is C8H13NS. The average molecular weight is 155 g/mol.